The quantitative estimate of drug-likeness (QED) is 0.486. The van der Waals surface area contributed by atoms with Crippen molar-refractivity contribution < 1.29 is 13.6 Å². The fourth-order valence-corrected chi connectivity index (χ4v) is 3.01. The molecule has 2 heterocycles. The van der Waals surface area contributed by atoms with Crippen LogP contribution in [0.25, 0.3) is 33.5 Å². The second-order valence-corrected chi connectivity index (χ2v) is 6.73. The topological polar surface area (TPSA) is 110 Å². The number of benzene rings is 2. The van der Waals surface area contributed by atoms with Gasteiger partial charge < -0.3 is 20.5 Å². The van der Waals surface area contributed by atoms with Gasteiger partial charge in [0.15, 0.2) is 0 Å². The fraction of sp³-hybridized carbons (Fsp3) is 0.150. The molecule has 7 nitrogen and oxygen atoms in total. The van der Waals surface area contributed by atoms with Crippen molar-refractivity contribution in [2.75, 3.05) is 5.32 Å². The largest absolute Gasteiger partial charge is 0.403 e. The SMILES string of the molecule is CC(C)Nc1nnc(-c2ccc3[nH]cc(-c4ccc(C(N)=O)cc4F)c3c2)o1. The van der Waals surface area contributed by atoms with Crippen LogP contribution in [0.2, 0.25) is 0 Å². The average molecular weight is 379 g/mol. The third-order valence-corrected chi connectivity index (χ3v) is 4.31. The van der Waals surface area contributed by atoms with Crippen LogP contribution >= 0.6 is 0 Å². The Kier molecular flexibility index (Phi) is 4.31. The minimum atomic E-state index is -0.672. The molecule has 0 aliphatic carbocycles. The van der Waals surface area contributed by atoms with Crippen molar-refractivity contribution >= 4 is 22.8 Å². The molecule has 8 heteroatoms. The minimum Gasteiger partial charge on any atom is -0.403 e. The van der Waals surface area contributed by atoms with E-state index in [2.05, 4.69) is 20.5 Å². The van der Waals surface area contributed by atoms with E-state index in [1.807, 2.05) is 32.0 Å². The molecule has 4 N–H and O–H groups in total. The molecule has 0 aliphatic rings. The Balaban J connectivity index is 1.77. The number of rotatable bonds is 5. The van der Waals surface area contributed by atoms with Crippen LogP contribution < -0.4 is 11.1 Å². The maximum Gasteiger partial charge on any atom is 0.315 e. The smallest absolute Gasteiger partial charge is 0.315 e. The lowest BCUT2D eigenvalue weighted by molar-refractivity contribution is 0.1000. The molecule has 28 heavy (non-hydrogen) atoms. The van der Waals surface area contributed by atoms with Crippen molar-refractivity contribution in [1.82, 2.24) is 15.2 Å². The second kappa shape index (κ2) is 6.80. The molecule has 4 rings (SSSR count). The van der Waals surface area contributed by atoms with Crippen LogP contribution in [0.1, 0.15) is 24.2 Å². The molecular weight excluding hydrogens is 361 g/mol. The first kappa shape index (κ1) is 17.7. The molecule has 4 aromatic rings. The number of hydrogen-bond donors (Lipinski definition) is 3. The number of primary amides is 1. The van der Waals surface area contributed by atoms with Gasteiger partial charge in [0.05, 0.1) is 0 Å². The van der Waals surface area contributed by atoms with Gasteiger partial charge in [-0.25, -0.2) is 4.39 Å². The van der Waals surface area contributed by atoms with E-state index in [0.717, 1.165) is 17.0 Å². The van der Waals surface area contributed by atoms with Crippen molar-refractivity contribution in [2.45, 2.75) is 19.9 Å². The Morgan fingerprint density at radius 1 is 1.18 bits per heavy atom. The molecule has 0 saturated heterocycles. The van der Waals surface area contributed by atoms with Crippen LogP contribution in [0.5, 0.6) is 0 Å². The molecule has 1 amide bonds. The maximum absolute atomic E-state index is 14.6. The molecular formula is C20H18FN5O2. The van der Waals surface area contributed by atoms with Gasteiger partial charge in [-0.2, -0.15) is 0 Å². The molecule has 0 aliphatic heterocycles. The number of amides is 1. The van der Waals surface area contributed by atoms with Crippen molar-refractivity contribution in [3.8, 4) is 22.6 Å². The Morgan fingerprint density at radius 2 is 2.00 bits per heavy atom. The summed E-state index contributed by atoms with van der Waals surface area (Å²) in [5.41, 5.74) is 7.91. The van der Waals surface area contributed by atoms with Gasteiger partial charge in [-0.3, -0.25) is 4.79 Å². The first-order valence-corrected chi connectivity index (χ1v) is 8.73. The molecule has 0 fully saturated rings. The van der Waals surface area contributed by atoms with Crippen LogP contribution in [0, 0.1) is 5.82 Å². The van der Waals surface area contributed by atoms with Crippen molar-refractivity contribution in [3.05, 3.63) is 54.0 Å². The first-order chi connectivity index (χ1) is 13.4. The fourth-order valence-electron chi connectivity index (χ4n) is 3.01. The zero-order chi connectivity index (χ0) is 19.8. The Bertz CT molecular complexity index is 1180. The highest BCUT2D eigenvalue weighted by Crippen LogP contribution is 2.33. The molecule has 2 aromatic heterocycles. The van der Waals surface area contributed by atoms with Gasteiger partial charge in [-0.15, -0.1) is 5.10 Å². The predicted molar refractivity (Wildman–Crippen MR) is 104 cm³/mol. The number of hydrogen-bond acceptors (Lipinski definition) is 5. The molecule has 0 saturated carbocycles. The molecule has 142 valence electrons. The lowest BCUT2D eigenvalue weighted by Gasteiger charge is -2.05. The number of nitrogens with zero attached hydrogens (tertiary/aromatic N) is 2. The highest BCUT2D eigenvalue weighted by Gasteiger charge is 2.15. The van der Waals surface area contributed by atoms with E-state index in [-0.39, 0.29) is 11.6 Å². The standard InChI is InChI=1S/C20H18FN5O2/c1-10(2)24-20-26-25-19(28-20)12-4-6-17-14(7-12)15(9-23-17)13-5-3-11(18(22)27)8-16(13)21/h3-10,23H,1-2H3,(H2,22,27)(H,24,26). The highest BCUT2D eigenvalue weighted by molar-refractivity contribution is 5.99. The summed E-state index contributed by atoms with van der Waals surface area (Å²) in [5.74, 6) is -0.834. The van der Waals surface area contributed by atoms with E-state index < -0.39 is 11.7 Å². The monoisotopic (exact) mass is 379 g/mol. The molecule has 0 spiro atoms. The summed E-state index contributed by atoms with van der Waals surface area (Å²) < 4.78 is 20.2. The average Bonchev–Trinajstić information content (AvgIpc) is 3.27. The van der Waals surface area contributed by atoms with Gasteiger partial charge in [-0.1, -0.05) is 11.2 Å². The summed E-state index contributed by atoms with van der Waals surface area (Å²) in [7, 11) is 0. The number of halogens is 1. The number of fused-ring (bicyclic) bond motifs is 1. The summed E-state index contributed by atoms with van der Waals surface area (Å²) >= 11 is 0. The van der Waals surface area contributed by atoms with Gasteiger partial charge in [0.1, 0.15) is 5.82 Å². The van der Waals surface area contributed by atoms with Crippen molar-refractivity contribution in [3.63, 3.8) is 0 Å². The number of aromatic nitrogens is 3. The van der Waals surface area contributed by atoms with Crippen LogP contribution in [-0.2, 0) is 0 Å². The molecule has 0 unspecified atom stereocenters. The van der Waals surface area contributed by atoms with E-state index in [1.54, 1.807) is 12.3 Å². The zero-order valence-corrected chi connectivity index (χ0v) is 15.3. The van der Waals surface area contributed by atoms with E-state index in [1.165, 1.54) is 6.07 Å². The first-order valence-electron chi connectivity index (χ1n) is 8.73. The summed E-state index contributed by atoms with van der Waals surface area (Å²) in [5, 5.41) is 11.9. The van der Waals surface area contributed by atoms with E-state index >= 15 is 0 Å². The normalized spacial score (nSPS) is 11.3. The molecule has 0 bridgehead atoms. The summed E-state index contributed by atoms with van der Waals surface area (Å²) in [4.78, 5) is 14.4. The van der Waals surface area contributed by atoms with E-state index in [9.17, 15) is 9.18 Å². The second-order valence-electron chi connectivity index (χ2n) is 6.73. The van der Waals surface area contributed by atoms with Crippen molar-refractivity contribution in [1.29, 1.82) is 0 Å². The van der Waals surface area contributed by atoms with Crippen LogP contribution in [0.4, 0.5) is 10.4 Å². The summed E-state index contributed by atoms with van der Waals surface area (Å²) in [6.07, 6.45) is 1.72. The van der Waals surface area contributed by atoms with Gasteiger partial charge >= 0.3 is 6.01 Å². The van der Waals surface area contributed by atoms with Gasteiger partial charge in [0.25, 0.3) is 0 Å². The van der Waals surface area contributed by atoms with E-state index in [4.69, 9.17) is 10.2 Å². The van der Waals surface area contributed by atoms with Gasteiger partial charge in [0.2, 0.25) is 11.8 Å². The number of nitrogens with two attached hydrogens (primary N) is 1. The molecule has 0 radical (unpaired) electrons. The number of anilines is 1. The summed E-state index contributed by atoms with van der Waals surface area (Å²) in [6, 6.07) is 10.3. The Morgan fingerprint density at radius 3 is 2.71 bits per heavy atom. The minimum absolute atomic E-state index is 0.123. The third kappa shape index (κ3) is 3.20. The maximum atomic E-state index is 14.6. The number of carbonyl (C=O) groups excluding carboxylic acids is 1. The lowest BCUT2D eigenvalue weighted by Crippen LogP contribution is -2.11. The Labute approximate surface area is 159 Å². The molecule has 2 aromatic carbocycles. The van der Waals surface area contributed by atoms with Crippen LogP contribution in [0.3, 0.4) is 0 Å². The number of H-pyrrole nitrogens is 1. The van der Waals surface area contributed by atoms with Gasteiger partial charge in [0, 0.05) is 45.4 Å². The summed E-state index contributed by atoms with van der Waals surface area (Å²) in [6.45, 7) is 3.94. The van der Waals surface area contributed by atoms with Crippen LogP contribution in [0.15, 0.2) is 47.0 Å². The highest BCUT2D eigenvalue weighted by atomic mass is 19.1. The zero-order valence-electron chi connectivity index (χ0n) is 15.3. The van der Waals surface area contributed by atoms with Crippen LogP contribution in [-0.4, -0.2) is 27.1 Å². The third-order valence-electron chi connectivity index (χ3n) is 4.31. The number of nitrogens with one attached hydrogen (secondary N) is 2. The Hall–Kier alpha value is -3.68. The van der Waals surface area contributed by atoms with E-state index in [0.29, 0.717) is 28.6 Å². The predicted octanol–water partition coefficient (Wildman–Crippen LogP) is 3.94. The lowest BCUT2D eigenvalue weighted by atomic mass is 10.0. The van der Waals surface area contributed by atoms with Gasteiger partial charge in [-0.05, 0) is 44.2 Å². The number of carbonyl (C=O) groups is 1. The number of aromatic amines is 1. The molecule has 0 atom stereocenters. The van der Waals surface area contributed by atoms with Crippen molar-refractivity contribution in [2.24, 2.45) is 5.73 Å².